The van der Waals surface area contributed by atoms with Crippen LogP contribution in [0.25, 0.3) is 0 Å². The number of carbonyl (C=O) groups is 1. The van der Waals surface area contributed by atoms with Gasteiger partial charge in [-0.2, -0.15) is 0 Å². The normalized spacial score (nSPS) is 19.7. The summed E-state index contributed by atoms with van der Waals surface area (Å²) in [5.41, 5.74) is 2.03. The quantitative estimate of drug-likeness (QED) is 0.748. The van der Waals surface area contributed by atoms with E-state index in [0.717, 1.165) is 24.8 Å². The number of nitrogens with zero attached hydrogens (tertiary/aromatic N) is 2. The first-order valence-corrected chi connectivity index (χ1v) is 9.28. The smallest absolute Gasteiger partial charge is 0.477 e. The topological polar surface area (TPSA) is 81.5 Å². The molecular weight excluding hydrogens is 389 g/mol. The zero-order chi connectivity index (χ0) is 21.0. The molecule has 0 spiro atoms. The molecule has 0 amide bonds. The summed E-state index contributed by atoms with van der Waals surface area (Å²) in [7, 11) is 0. The van der Waals surface area contributed by atoms with Crippen molar-refractivity contribution in [1.29, 1.82) is 0 Å². The Balaban J connectivity index is 1.60. The van der Waals surface area contributed by atoms with Gasteiger partial charge in [0, 0.05) is 11.3 Å². The van der Waals surface area contributed by atoms with Crippen LogP contribution in [0.1, 0.15) is 59.1 Å². The van der Waals surface area contributed by atoms with E-state index >= 15 is 0 Å². The fourth-order valence-corrected chi connectivity index (χ4v) is 3.49. The van der Waals surface area contributed by atoms with Crippen LogP contribution in [-0.4, -0.2) is 33.5 Å². The number of benzene rings is 1. The Kier molecular flexibility index (Phi) is 6.36. The van der Waals surface area contributed by atoms with Gasteiger partial charge in [-0.05, 0) is 56.7 Å². The SMILES string of the molecule is Cc1c(CC[C@@H]2CCC[C@H](c3ccc(OC(F)(F)F)cc3)O2)ncnc1C(=O)O. The number of aryl methyl sites for hydroxylation is 1. The molecule has 1 aromatic carbocycles. The van der Waals surface area contributed by atoms with Crippen molar-refractivity contribution in [3.8, 4) is 5.75 Å². The molecule has 156 valence electrons. The highest BCUT2D eigenvalue weighted by Gasteiger charge is 2.31. The van der Waals surface area contributed by atoms with E-state index in [9.17, 15) is 18.0 Å². The minimum absolute atomic E-state index is 0.00129. The predicted octanol–water partition coefficient (Wildman–Crippen LogP) is 4.62. The number of hydrogen-bond donors (Lipinski definition) is 1. The molecule has 1 aliphatic rings. The van der Waals surface area contributed by atoms with Gasteiger partial charge in [0.2, 0.25) is 0 Å². The monoisotopic (exact) mass is 410 g/mol. The van der Waals surface area contributed by atoms with Crippen LogP contribution in [0.4, 0.5) is 13.2 Å². The summed E-state index contributed by atoms with van der Waals surface area (Å²) in [6.45, 7) is 1.69. The van der Waals surface area contributed by atoms with E-state index in [1.807, 2.05) is 0 Å². The number of hydrogen-bond acceptors (Lipinski definition) is 5. The summed E-state index contributed by atoms with van der Waals surface area (Å²) in [4.78, 5) is 19.2. The summed E-state index contributed by atoms with van der Waals surface area (Å²) in [6, 6.07) is 5.74. The number of aromatic carboxylic acids is 1. The maximum Gasteiger partial charge on any atom is 0.573 e. The van der Waals surface area contributed by atoms with Crippen LogP contribution < -0.4 is 4.74 Å². The molecule has 2 heterocycles. The third kappa shape index (κ3) is 5.66. The molecule has 0 radical (unpaired) electrons. The van der Waals surface area contributed by atoms with Gasteiger partial charge in [-0.3, -0.25) is 0 Å². The summed E-state index contributed by atoms with van der Waals surface area (Å²) in [5.74, 6) is -1.35. The molecule has 29 heavy (non-hydrogen) atoms. The highest BCUT2D eigenvalue weighted by atomic mass is 19.4. The van der Waals surface area contributed by atoms with Gasteiger partial charge in [0.1, 0.15) is 12.1 Å². The van der Waals surface area contributed by atoms with E-state index in [2.05, 4.69) is 14.7 Å². The van der Waals surface area contributed by atoms with Crippen molar-refractivity contribution in [2.24, 2.45) is 0 Å². The number of carboxylic acid groups (broad SMARTS) is 1. The summed E-state index contributed by atoms with van der Waals surface area (Å²) in [6.07, 6.45) is 0.103. The Morgan fingerprint density at radius 2 is 1.97 bits per heavy atom. The molecule has 0 aliphatic carbocycles. The van der Waals surface area contributed by atoms with E-state index in [0.29, 0.717) is 24.1 Å². The Morgan fingerprint density at radius 3 is 2.62 bits per heavy atom. The second-order valence-corrected chi connectivity index (χ2v) is 6.93. The summed E-state index contributed by atoms with van der Waals surface area (Å²) >= 11 is 0. The van der Waals surface area contributed by atoms with Crippen LogP contribution in [0.5, 0.6) is 5.75 Å². The fourth-order valence-electron chi connectivity index (χ4n) is 3.49. The van der Waals surface area contributed by atoms with E-state index in [-0.39, 0.29) is 23.7 Å². The number of ether oxygens (including phenoxy) is 2. The van der Waals surface area contributed by atoms with Crippen molar-refractivity contribution in [1.82, 2.24) is 9.97 Å². The number of rotatable bonds is 6. The molecule has 1 aliphatic heterocycles. The van der Waals surface area contributed by atoms with E-state index in [1.165, 1.54) is 18.5 Å². The minimum atomic E-state index is -4.71. The second-order valence-electron chi connectivity index (χ2n) is 6.93. The second kappa shape index (κ2) is 8.77. The van der Waals surface area contributed by atoms with Crippen molar-refractivity contribution in [3.63, 3.8) is 0 Å². The number of aromatic nitrogens is 2. The molecule has 9 heteroatoms. The lowest BCUT2D eigenvalue weighted by Gasteiger charge is -2.30. The summed E-state index contributed by atoms with van der Waals surface area (Å²) in [5, 5.41) is 9.16. The van der Waals surface area contributed by atoms with E-state index in [4.69, 9.17) is 9.84 Å². The van der Waals surface area contributed by atoms with E-state index < -0.39 is 12.3 Å². The first-order valence-electron chi connectivity index (χ1n) is 9.28. The highest BCUT2D eigenvalue weighted by Crippen LogP contribution is 2.34. The third-order valence-corrected chi connectivity index (χ3v) is 4.93. The Morgan fingerprint density at radius 1 is 1.24 bits per heavy atom. The van der Waals surface area contributed by atoms with Gasteiger partial charge in [0.25, 0.3) is 0 Å². The average Bonchev–Trinajstić information content (AvgIpc) is 2.66. The maximum absolute atomic E-state index is 12.3. The Bertz CT molecular complexity index is 856. The Hall–Kier alpha value is -2.68. The third-order valence-electron chi connectivity index (χ3n) is 4.93. The van der Waals surface area contributed by atoms with Crippen molar-refractivity contribution in [2.45, 2.75) is 57.6 Å². The molecule has 0 saturated carbocycles. The van der Waals surface area contributed by atoms with Crippen LogP contribution in [0, 0.1) is 6.92 Å². The van der Waals surface area contributed by atoms with E-state index in [1.54, 1.807) is 19.1 Å². The lowest BCUT2D eigenvalue weighted by molar-refractivity contribution is -0.274. The summed E-state index contributed by atoms with van der Waals surface area (Å²) < 4.78 is 46.9. The lowest BCUT2D eigenvalue weighted by Crippen LogP contribution is -2.23. The zero-order valence-electron chi connectivity index (χ0n) is 15.8. The van der Waals surface area contributed by atoms with Gasteiger partial charge in [-0.25, -0.2) is 14.8 Å². The average molecular weight is 410 g/mol. The van der Waals surface area contributed by atoms with Crippen molar-refractivity contribution in [2.75, 3.05) is 0 Å². The van der Waals surface area contributed by atoms with Gasteiger partial charge < -0.3 is 14.6 Å². The molecule has 1 fully saturated rings. The van der Waals surface area contributed by atoms with Gasteiger partial charge in [0.15, 0.2) is 5.69 Å². The standard InChI is InChI=1S/C20H21F3N2O4/c1-12-16(24-11-25-18(12)19(26)27)10-9-14-3-2-4-17(28-14)13-5-7-15(8-6-13)29-20(21,22)23/h5-8,11,14,17H,2-4,9-10H2,1H3,(H,26,27)/t14-,17+/m0/s1. The molecule has 2 atom stereocenters. The fraction of sp³-hybridized carbons (Fsp3) is 0.450. The molecule has 6 nitrogen and oxygen atoms in total. The molecule has 2 aromatic rings. The molecule has 3 rings (SSSR count). The van der Waals surface area contributed by atoms with Crippen molar-refractivity contribution >= 4 is 5.97 Å². The van der Waals surface area contributed by atoms with Crippen LogP contribution in [-0.2, 0) is 11.2 Å². The van der Waals surface area contributed by atoms with Gasteiger partial charge in [-0.1, -0.05) is 12.1 Å². The number of alkyl halides is 3. The molecule has 0 unspecified atom stereocenters. The van der Waals surface area contributed by atoms with Crippen molar-refractivity contribution in [3.05, 3.63) is 53.1 Å². The molecule has 1 aromatic heterocycles. The van der Waals surface area contributed by atoms with Gasteiger partial charge in [0.05, 0.1) is 12.2 Å². The van der Waals surface area contributed by atoms with Crippen LogP contribution in [0.2, 0.25) is 0 Å². The Labute approximate surface area is 165 Å². The zero-order valence-corrected chi connectivity index (χ0v) is 15.8. The molecular formula is C20H21F3N2O4. The first-order chi connectivity index (χ1) is 13.7. The molecule has 0 bridgehead atoms. The number of halogens is 3. The predicted molar refractivity (Wildman–Crippen MR) is 96.6 cm³/mol. The van der Waals surface area contributed by atoms with Crippen LogP contribution in [0.3, 0.4) is 0 Å². The minimum Gasteiger partial charge on any atom is -0.477 e. The lowest BCUT2D eigenvalue weighted by atomic mass is 9.95. The maximum atomic E-state index is 12.3. The molecule has 1 N–H and O–H groups in total. The van der Waals surface area contributed by atoms with Crippen LogP contribution >= 0.6 is 0 Å². The van der Waals surface area contributed by atoms with Gasteiger partial charge in [-0.15, -0.1) is 13.2 Å². The largest absolute Gasteiger partial charge is 0.573 e. The van der Waals surface area contributed by atoms with Crippen LogP contribution in [0.15, 0.2) is 30.6 Å². The molecule has 1 saturated heterocycles. The highest BCUT2D eigenvalue weighted by molar-refractivity contribution is 5.87. The first kappa shape index (κ1) is 21.0. The van der Waals surface area contributed by atoms with Gasteiger partial charge >= 0.3 is 12.3 Å². The number of carboxylic acids is 1. The van der Waals surface area contributed by atoms with Crippen molar-refractivity contribution < 1.29 is 32.5 Å².